The lowest BCUT2D eigenvalue weighted by Crippen LogP contribution is -2.39. The maximum atomic E-state index is 5.68. The van der Waals surface area contributed by atoms with E-state index in [-0.39, 0.29) is 5.60 Å². The number of ether oxygens (including phenoxy) is 2. The molecule has 1 aromatic heterocycles. The Morgan fingerprint density at radius 1 is 1.56 bits per heavy atom. The summed E-state index contributed by atoms with van der Waals surface area (Å²) >= 11 is 0. The quantitative estimate of drug-likeness (QED) is 0.764. The highest BCUT2D eigenvalue weighted by atomic mass is 16.5. The summed E-state index contributed by atoms with van der Waals surface area (Å²) in [7, 11) is 1.69. The Balaban J connectivity index is 1.98. The molecule has 1 aromatic rings. The van der Waals surface area contributed by atoms with E-state index < -0.39 is 0 Å². The van der Waals surface area contributed by atoms with Gasteiger partial charge in [0.05, 0.1) is 6.61 Å². The highest BCUT2D eigenvalue weighted by Gasteiger charge is 2.34. The van der Waals surface area contributed by atoms with E-state index in [0.717, 1.165) is 13.0 Å². The number of aromatic nitrogens is 2. The predicted molar refractivity (Wildman–Crippen MR) is 60.1 cm³/mol. The van der Waals surface area contributed by atoms with E-state index in [9.17, 15) is 0 Å². The minimum absolute atomic E-state index is 0.274. The number of rotatable bonds is 4. The molecule has 1 atom stereocenters. The Bertz CT molecular complexity index is 352. The molecule has 0 saturated carbocycles. The normalized spacial score (nSPS) is 24.6. The number of hydrogen-bond acceptors (Lipinski definition) is 6. The molecule has 0 amide bonds. The second-order valence-corrected chi connectivity index (χ2v) is 3.83. The summed E-state index contributed by atoms with van der Waals surface area (Å²) in [4.78, 5) is 8.06. The van der Waals surface area contributed by atoms with Gasteiger partial charge in [0.1, 0.15) is 5.60 Å². The number of hydrogen-bond donors (Lipinski definition) is 2. The van der Waals surface area contributed by atoms with E-state index in [1.807, 2.05) is 0 Å². The first-order chi connectivity index (χ1) is 7.76. The highest BCUT2D eigenvalue weighted by molar-refractivity contribution is 5.55. The second-order valence-electron chi connectivity index (χ2n) is 3.83. The molecule has 0 bridgehead atoms. The van der Waals surface area contributed by atoms with Gasteiger partial charge in [-0.25, -0.2) is 9.97 Å². The zero-order valence-corrected chi connectivity index (χ0v) is 9.27. The summed E-state index contributed by atoms with van der Waals surface area (Å²) < 4.78 is 10.8. The number of nitrogens with zero attached hydrogens (tertiary/aromatic N) is 2. The summed E-state index contributed by atoms with van der Waals surface area (Å²) in [6.07, 6.45) is 4.03. The van der Waals surface area contributed by atoms with Crippen LogP contribution in [0.25, 0.3) is 0 Å². The summed E-state index contributed by atoms with van der Waals surface area (Å²) in [5, 5.41) is 3.14. The molecule has 1 aliphatic rings. The molecule has 2 rings (SSSR count). The van der Waals surface area contributed by atoms with Crippen LogP contribution in [-0.2, 0) is 9.47 Å². The van der Waals surface area contributed by atoms with Crippen molar-refractivity contribution in [2.45, 2.75) is 12.0 Å². The largest absolute Gasteiger partial charge is 0.381 e. The molecule has 1 saturated heterocycles. The SMILES string of the molecule is COC1(CNc2nccnc2N)CCOC1. The van der Waals surface area contributed by atoms with Crippen LogP contribution in [0.5, 0.6) is 0 Å². The molecule has 3 N–H and O–H groups in total. The van der Waals surface area contributed by atoms with Gasteiger partial charge in [0, 0.05) is 39.1 Å². The van der Waals surface area contributed by atoms with Crippen molar-refractivity contribution in [3.63, 3.8) is 0 Å². The topological polar surface area (TPSA) is 82.3 Å². The molecule has 0 radical (unpaired) electrons. The molecule has 0 aromatic carbocycles. The van der Waals surface area contributed by atoms with Crippen LogP contribution in [0.3, 0.4) is 0 Å². The number of methoxy groups -OCH3 is 1. The Morgan fingerprint density at radius 3 is 3.00 bits per heavy atom. The minimum atomic E-state index is -0.274. The van der Waals surface area contributed by atoms with Crippen molar-refractivity contribution in [2.75, 3.05) is 37.9 Å². The molecule has 0 aliphatic carbocycles. The number of nitrogen functional groups attached to an aromatic ring is 1. The summed E-state index contributed by atoms with van der Waals surface area (Å²) in [6, 6.07) is 0. The summed E-state index contributed by atoms with van der Waals surface area (Å²) in [5.74, 6) is 0.985. The van der Waals surface area contributed by atoms with Crippen LogP contribution in [0.2, 0.25) is 0 Å². The third kappa shape index (κ3) is 2.23. The molecular formula is C10H16N4O2. The Hall–Kier alpha value is -1.40. The van der Waals surface area contributed by atoms with Crippen molar-refractivity contribution in [2.24, 2.45) is 0 Å². The average Bonchev–Trinajstić information content (AvgIpc) is 2.78. The van der Waals surface area contributed by atoms with Crippen molar-refractivity contribution in [1.29, 1.82) is 0 Å². The first-order valence-corrected chi connectivity index (χ1v) is 5.19. The second kappa shape index (κ2) is 4.63. The van der Waals surface area contributed by atoms with Crippen LogP contribution in [0, 0.1) is 0 Å². The average molecular weight is 224 g/mol. The smallest absolute Gasteiger partial charge is 0.169 e. The van der Waals surface area contributed by atoms with Gasteiger partial charge < -0.3 is 20.5 Å². The minimum Gasteiger partial charge on any atom is -0.381 e. The molecule has 0 spiro atoms. The van der Waals surface area contributed by atoms with Crippen molar-refractivity contribution in [3.8, 4) is 0 Å². The van der Waals surface area contributed by atoms with Gasteiger partial charge in [0.15, 0.2) is 11.6 Å². The van der Waals surface area contributed by atoms with Gasteiger partial charge in [-0.3, -0.25) is 0 Å². The molecular weight excluding hydrogens is 208 g/mol. The van der Waals surface area contributed by atoms with Gasteiger partial charge in [-0.05, 0) is 0 Å². The molecule has 6 nitrogen and oxygen atoms in total. The molecule has 6 heteroatoms. The van der Waals surface area contributed by atoms with Crippen LogP contribution in [0.4, 0.5) is 11.6 Å². The van der Waals surface area contributed by atoms with Crippen molar-refractivity contribution in [1.82, 2.24) is 9.97 Å². The Morgan fingerprint density at radius 2 is 2.38 bits per heavy atom. The molecule has 1 aliphatic heterocycles. The zero-order chi connectivity index (χ0) is 11.4. The van der Waals surface area contributed by atoms with Crippen LogP contribution < -0.4 is 11.1 Å². The molecule has 88 valence electrons. The van der Waals surface area contributed by atoms with E-state index in [1.165, 1.54) is 0 Å². The number of anilines is 2. The first kappa shape index (κ1) is 11.1. The van der Waals surface area contributed by atoms with E-state index in [2.05, 4.69) is 15.3 Å². The van der Waals surface area contributed by atoms with Gasteiger partial charge in [0.2, 0.25) is 0 Å². The van der Waals surface area contributed by atoms with Crippen molar-refractivity contribution in [3.05, 3.63) is 12.4 Å². The maximum absolute atomic E-state index is 5.68. The van der Waals surface area contributed by atoms with E-state index in [0.29, 0.717) is 24.8 Å². The van der Waals surface area contributed by atoms with E-state index in [4.69, 9.17) is 15.2 Å². The fourth-order valence-electron chi connectivity index (χ4n) is 1.69. The van der Waals surface area contributed by atoms with Crippen molar-refractivity contribution < 1.29 is 9.47 Å². The lowest BCUT2D eigenvalue weighted by molar-refractivity contribution is -0.00624. The first-order valence-electron chi connectivity index (χ1n) is 5.19. The number of nitrogens with two attached hydrogens (primary N) is 1. The van der Waals surface area contributed by atoms with E-state index in [1.54, 1.807) is 19.5 Å². The van der Waals surface area contributed by atoms with Crippen LogP contribution in [0.15, 0.2) is 12.4 Å². The van der Waals surface area contributed by atoms with Crippen molar-refractivity contribution >= 4 is 11.6 Å². The van der Waals surface area contributed by atoms with Crippen LogP contribution >= 0.6 is 0 Å². The molecule has 16 heavy (non-hydrogen) atoms. The number of nitrogens with one attached hydrogen (secondary N) is 1. The summed E-state index contributed by atoms with van der Waals surface area (Å²) in [5.41, 5.74) is 5.41. The van der Waals surface area contributed by atoms with Crippen LogP contribution in [-0.4, -0.2) is 42.4 Å². The standard InChI is InChI=1S/C10H16N4O2/c1-15-10(2-5-16-7-10)6-14-9-8(11)12-3-4-13-9/h3-4H,2,5-7H2,1H3,(H2,11,12)(H,13,14). The predicted octanol–water partition coefficient (Wildman–Crippen LogP) is 0.276. The van der Waals surface area contributed by atoms with Gasteiger partial charge in [0.25, 0.3) is 0 Å². The van der Waals surface area contributed by atoms with E-state index >= 15 is 0 Å². The Labute approximate surface area is 94.2 Å². The zero-order valence-electron chi connectivity index (χ0n) is 9.27. The third-order valence-corrected chi connectivity index (χ3v) is 2.80. The fourth-order valence-corrected chi connectivity index (χ4v) is 1.69. The lowest BCUT2D eigenvalue weighted by Gasteiger charge is -2.26. The fraction of sp³-hybridized carbons (Fsp3) is 0.600. The molecule has 2 heterocycles. The van der Waals surface area contributed by atoms with Gasteiger partial charge in [-0.2, -0.15) is 0 Å². The van der Waals surface area contributed by atoms with Gasteiger partial charge in [-0.15, -0.1) is 0 Å². The Kier molecular flexibility index (Phi) is 3.21. The highest BCUT2D eigenvalue weighted by Crippen LogP contribution is 2.23. The summed E-state index contributed by atoms with van der Waals surface area (Å²) in [6.45, 7) is 1.94. The monoisotopic (exact) mass is 224 g/mol. The molecule has 1 unspecified atom stereocenters. The van der Waals surface area contributed by atoms with Crippen LogP contribution in [0.1, 0.15) is 6.42 Å². The molecule has 1 fully saturated rings. The lowest BCUT2D eigenvalue weighted by atomic mass is 10.0. The third-order valence-electron chi connectivity index (χ3n) is 2.80. The maximum Gasteiger partial charge on any atom is 0.169 e. The van der Waals surface area contributed by atoms with Gasteiger partial charge >= 0.3 is 0 Å². The van der Waals surface area contributed by atoms with Gasteiger partial charge in [-0.1, -0.05) is 0 Å².